The van der Waals surface area contributed by atoms with Crippen molar-refractivity contribution in [3.8, 4) is 0 Å². The Hall–Kier alpha value is -0.610. The highest BCUT2D eigenvalue weighted by atomic mass is 16.5. The van der Waals surface area contributed by atoms with E-state index in [1.807, 2.05) is 11.8 Å². The predicted molar refractivity (Wildman–Crippen MR) is 71.5 cm³/mol. The van der Waals surface area contributed by atoms with Gasteiger partial charge in [0, 0.05) is 19.0 Å². The molecule has 7 unspecified atom stereocenters. The molecule has 1 N–H and O–H groups in total. The van der Waals surface area contributed by atoms with Crippen LogP contribution in [-0.2, 0) is 9.53 Å². The highest BCUT2D eigenvalue weighted by Gasteiger charge is 2.48. The SMILES string of the molecule is CC1OC(C)C(C(=O)N2CC3CCC(O)C3C2)C1C. The fourth-order valence-electron chi connectivity index (χ4n) is 4.32. The van der Waals surface area contributed by atoms with Gasteiger partial charge in [-0.05, 0) is 38.5 Å². The molecule has 4 nitrogen and oxygen atoms in total. The van der Waals surface area contributed by atoms with E-state index in [9.17, 15) is 9.90 Å². The number of hydrogen-bond acceptors (Lipinski definition) is 3. The Morgan fingerprint density at radius 2 is 1.89 bits per heavy atom. The van der Waals surface area contributed by atoms with Crippen molar-refractivity contribution in [2.75, 3.05) is 13.1 Å². The fraction of sp³-hybridized carbons (Fsp3) is 0.933. The molecule has 3 fully saturated rings. The second-order valence-corrected chi connectivity index (χ2v) is 6.74. The number of ether oxygens (including phenoxy) is 1. The van der Waals surface area contributed by atoms with Crippen LogP contribution in [0.3, 0.4) is 0 Å². The Morgan fingerprint density at radius 3 is 2.47 bits per heavy atom. The summed E-state index contributed by atoms with van der Waals surface area (Å²) in [4.78, 5) is 14.7. The van der Waals surface area contributed by atoms with Crippen molar-refractivity contribution in [1.29, 1.82) is 0 Å². The number of fused-ring (bicyclic) bond motifs is 1. The van der Waals surface area contributed by atoms with Gasteiger partial charge in [0.15, 0.2) is 0 Å². The van der Waals surface area contributed by atoms with Gasteiger partial charge in [-0.25, -0.2) is 0 Å². The minimum absolute atomic E-state index is 0.00836. The van der Waals surface area contributed by atoms with Crippen LogP contribution in [0, 0.1) is 23.7 Å². The third-order valence-electron chi connectivity index (χ3n) is 5.66. The summed E-state index contributed by atoms with van der Waals surface area (Å²) in [5, 5.41) is 9.95. The van der Waals surface area contributed by atoms with Crippen LogP contribution in [0.1, 0.15) is 33.6 Å². The average molecular weight is 267 g/mol. The summed E-state index contributed by atoms with van der Waals surface area (Å²) in [6.45, 7) is 7.76. The lowest BCUT2D eigenvalue weighted by molar-refractivity contribution is -0.137. The van der Waals surface area contributed by atoms with Crippen LogP contribution in [0.25, 0.3) is 0 Å². The number of aliphatic hydroxyl groups excluding tert-OH is 1. The first-order valence-corrected chi connectivity index (χ1v) is 7.61. The molecular formula is C15H25NO3. The van der Waals surface area contributed by atoms with Gasteiger partial charge in [0.25, 0.3) is 0 Å². The van der Waals surface area contributed by atoms with Gasteiger partial charge in [-0.3, -0.25) is 4.79 Å². The second-order valence-electron chi connectivity index (χ2n) is 6.74. The third-order valence-corrected chi connectivity index (χ3v) is 5.66. The lowest BCUT2D eigenvalue weighted by atomic mass is 9.88. The lowest BCUT2D eigenvalue weighted by Crippen LogP contribution is -2.40. The summed E-state index contributed by atoms with van der Waals surface area (Å²) in [5.41, 5.74) is 0. The highest BCUT2D eigenvalue weighted by Crippen LogP contribution is 2.40. The Bertz CT molecular complexity index is 372. The molecule has 0 spiro atoms. The van der Waals surface area contributed by atoms with E-state index >= 15 is 0 Å². The van der Waals surface area contributed by atoms with Gasteiger partial charge in [-0.2, -0.15) is 0 Å². The molecule has 2 aliphatic heterocycles. The maximum atomic E-state index is 12.7. The van der Waals surface area contributed by atoms with Crippen molar-refractivity contribution in [2.45, 2.75) is 51.9 Å². The molecule has 2 saturated heterocycles. The maximum absolute atomic E-state index is 12.7. The van der Waals surface area contributed by atoms with Crippen molar-refractivity contribution in [2.24, 2.45) is 23.7 Å². The Balaban J connectivity index is 1.69. The van der Waals surface area contributed by atoms with Crippen LogP contribution in [0.4, 0.5) is 0 Å². The van der Waals surface area contributed by atoms with Gasteiger partial charge in [0.1, 0.15) is 0 Å². The molecule has 2 heterocycles. The summed E-state index contributed by atoms with van der Waals surface area (Å²) in [6, 6.07) is 0. The molecule has 108 valence electrons. The van der Waals surface area contributed by atoms with Crippen LogP contribution in [0.15, 0.2) is 0 Å². The molecule has 7 atom stereocenters. The number of hydrogen-bond donors (Lipinski definition) is 1. The fourth-order valence-corrected chi connectivity index (χ4v) is 4.32. The first-order chi connectivity index (χ1) is 8.99. The smallest absolute Gasteiger partial charge is 0.228 e. The van der Waals surface area contributed by atoms with Crippen LogP contribution in [-0.4, -0.2) is 47.3 Å². The molecule has 3 rings (SSSR count). The number of carbonyl (C=O) groups is 1. The van der Waals surface area contributed by atoms with Crippen LogP contribution >= 0.6 is 0 Å². The monoisotopic (exact) mass is 267 g/mol. The average Bonchev–Trinajstić information content (AvgIpc) is 2.97. The topological polar surface area (TPSA) is 49.8 Å². The van der Waals surface area contributed by atoms with E-state index in [2.05, 4.69) is 13.8 Å². The summed E-state index contributed by atoms with van der Waals surface area (Å²) in [6.07, 6.45) is 1.96. The molecule has 4 heteroatoms. The zero-order valence-corrected chi connectivity index (χ0v) is 12.1. The molecule has 19 heavy (non-hydrogen) atoms. The molecule has 0 aromatic rings. The van der Waals surface area contributed by atoms with Crippen LogP contribution in [0.2, 0.25) is 0 Å². The van der Waals surface area contributed by atoms with Crippen molar-refractivity contribution in [3.05, 3.63) is 0 Å². The molecule has 0 aromatic heterocycles. The van der Waals surface area contributed by atoms with Gasteiger partial charge in [0.2, 0.25) is 5.91 Å². The van der Waals surface area contributed by atoms with Gasteiger partial charge in [0.05, 0.1) is 24.2 Å². The minimum Gasteiger partial charge on any atom is -0.393 e. The van der Waals surface area contributed by atoms with E-state index in [0.717, 1.165) is 25.9 Å². The van der Waals surface area contributed by atoms with E-state index in [-0.39, 0.29) is 36.1 Å². The van der Waals surface area contributed by atoms with E-state index in [1.165, 1.54) is 0 Å². The van der Waals surface area contributed by atoms with E-state index < -0.39 is 0 Å². The molecule has 0 bridgehead atoms. The Labute approximate surface area is 115 Å². The van der Waals surface area contributed by atoms with E-state index in [0.29, 0.717) is 11.8 Å². The van der Waals surface area contributed by atoms with Crippen LogP contribution < -0.4 is 0 Å². The molecule has 1 aliphatic carbocycles. The summed E-state index contributed by atoms with van der Waals surface area (Å²) in [7, 11) is 0. The molecule has 1 saturated carbocycles. The van der Waals surface area contributed by atoms with E-state index in [4.69, 9.17) is 4.74 Å². The first-order valence-electron chi connectivity index (χ1n) is 7.61. The number of carbonyl (C=O) groups excluding carboxylic acids is 1. The highest BCUT2D eigenvalue weighted by molar-refractivity contribution is 5.80. The Morgan fingerprint density at radius 1 is 1.16 bits per heavy atom. The summed E-state index contributed by atoms with van der Waals surface area (Å²) in [5.74, 6) is 1.35. The normalized spacial score (nSPS) is 49.7. The number of aliphatic hydroxyl groups is 1. The molecule has 1 amide bonds. The maximum Gasteiger partial charge on any atom is 0.228 e. The van der Waals surface area contributed by atoms with Crippen molar-refractivity contribution < 1.29 is 14.6 Å². The quantitative estimate of drug-likeness (QED) is 0.778. The number of nitrogens with zero attached hydrogens (tertiary/aromatic N) is 1. The van der Waals surface area contributed by atoms with Gasteiger partial charge < -0.3 is 14.7 Å². The first kappa shape index (κ1) is 13.4. The van der Waals surface area contributed by atoms with Crippen molar-refractivity contribution in [1.82, 2.24) is 4.90 Å². The summed E-state index contributed by atoms with van der Waals surface area (Å²) >= 11 is 0. The van der Waals surface area contributed by atoms with Gasteiger partial charge in [-0.1, -0.05) is 6.92 Å². The standard InChI is InChI=1S/C15H25NO3/c1-8-9(2)19-10(3)14(8)15(18)16-6-11-4-5-13(17)12(11)7-16/h8-14,17H,4-7H2,1-3H3. The Kier molecular flexibility index (Phi) is 3.34. The van der Waals surface area contributed by atoms with Crippen molar-refractivity contribution in [3.63, 3.8) is 0 Å². The minimum atomic E-state index is -0.198. The van der Waals surface area contributed by atoms with Crippen LogP contribution in [0.5, 0.6) is 0 Å². The molecular weight excluding hydrogens is 242 g/mol. The van der Waals surface area contributed by atoms with Gasteiger partial charge in [-0.15, -0.1) is 0 Å². The molecule has 3 aliphatic rings. The zero-order valence-electron chi connectivity index (χ0n) is 12.1. The molecule has 0 aromatic carbocycles. The lowest BCUT2D eigenvalue weighted by Gasteiger charge is -2.25. The van der Waals surface area contributed by atoms with Crippen molar-refractivity contribution >= 4 is 5.91 Å². The third kappa shape index (κ3) is 2.09. The number of likely N-dealkylation sites (tertiary alicyclic amines) is 1. The number of rotatable bonds is 1. The largest absolute Gasteiger partial charge is 0.393 e. The summed E-state index contributed by atoms with van der Waals surface area (Å²) < 4.78 is 5.78. The molecule has 0 radical (unpaired) electrons. The van der Waals surface area contributed by atoms with E-state index in [1.54, 1.807) is 0 Å². The zero-order chi connectivity index (χ0) is 13.7. The second kappa shape index (κ2) is 4.74. The van der Waals surface area contributed by atoms with Gasteiger partial charge >= 0.3 is 0 Å². The predicted octanol–water partition coefficient (Wildman–Crippen LogP) is 1.28. The number of amides is 1.